The van der Waals surface area contributed by atoms with Crippen LogP contribution >= 0.6 is 0 Å². The number of nitriles is 8. The third-order valence-corrected chi connectivity index (χ3v) is 7.39. The summed E-state index contributed by atoms with van der Waals surface area (Å²) in [6.45, 7) is 0. The lowest BCUT2D eigenvalue weighted by Crippen LogP contribution is -2.05. The van der Waals surface area contributed by atoms with E-state index in [1.54, 1.807) is 0 Å². The van der Waals surface area contributed by atoms with E-state index in [1.165, 1.54) is 48.6 Å². The molecule has 0 amide bonds. The number of halogens is 6. The van der Waals surface area contributed by atoms with Gasteiger partial charge in [-0.2, -0.15) is 42.1 Å². The third kappa shape index (κ3) is 4.18. The topological polar surface area (TPSA) is 190 Å². The van der Waals surface area contributed by atoms with E-state index in [0.717, 1.165) is 0 Å². The highest BCUT2D eigenvalue weighted by molar-refractivity contribution is 6.30. The van der Waals surface area contributed by atoms with E-state index in [2.05, 4.69) is 0 Å². The molecule has 0 saturated heterocycles. The summed E-state index contributed by atoms with van der Waals surface area (Å²) in [5.41, 5.74) is -16.2. The lowest BCUT2D eigenvalue weighted by molar-refractivity contribution is 0.576. The molecule has 0 bridgehead atoms. The van der Waals surface area contributed by atoms with Crippen LogP contribution in [-0.2, 0) is 0 Å². The van der Waals surface area contributed by atoms with Crippen LogP contribution in [0, 0.1) is 126 Å². The van der Waals surface area contributed by atoms with E-state index in [4.69, 9.17) is 10.5 Å². The fourth-order valence-corrected chi connectivity index (χ4v) is 5.63. The molecule has 222 valence electrons. The summed E-state index contributed by atoms with van der Waals surface area (Å²) in [5, 5.41) is 77.5. The zero-order valence-electron chi connectivity index (χ0n) is 23.2. The van der Waals surface area contributed by atoms with Crippen LogP contribution in [0.3, 0.4) is 0 Å². The first kappa shape index (κ1) is 31.5. The number of nitrogens with zero attached hydrogens (tertiary/aromatic N) is 8. The molecule has 0 radical (unpaired) electrons. The Labute approximate surface area is 265 Å². The van der Waals surface area contributed by atoms with Gasteiger partial charge < -0.3 is 0 Å². The molecule has 48 heavy (non-hydrogen) atoms. The zero-order chi connectivity index (χ0) is 35.2. The Hall–Kier alpha value is -7.88. The number of hydrogen-bond acceptors (Lipinski definition) is 8. The van der Waals surface area contributed by atoms with Gasteiger partial charge in [0, 0.05) is 44.5 Å². The van der Waals surface area contributed by atoms with Crippen molar-refractivity contribution < 1.29 is 26.3 Å². The summed E-state index contributed by atoms with van der Waals surface area (Å²) in [5.74, 6) is -9.60. The predicted octanol–water partition coefficient (Wildman–Crippen LogP) is 6.76. The molecule has 0 aliphatic heterocycles. The number of rotatable bonds is 2. The van der Waals surface area contributed by atoms with Crippen LogP contribution in [0.4, 0.5) is 26.3 Å². The molecule has 3 aromatic carbocycles. The van der Waals surface area contributed by atoms with Crippen molar-refractivity contribution in [2.75, 3.05) is 0 Å². The molecular weight excluding hydrogens is 634 g/mol. The van der Waals surface area contributed by atoms with E-state index in [-0.39, 0.29) is 0 Å². The van der Waals surface area contributed by atoms with Gasteiger partial charge in [-0.05, 0) is 24.3 Å². The summed E-state index contributed by atoms with van der Waals surface area (Å²) in [6, 6.07) is 13.5. The lowest BCUT2D eigenvalue weighted by Gasteiger charge is -2.14. The second-order valence-electron chi connectivity index (χ2n) is 9.65. The SMILES string of the molecule is N#CC(C#N)=C1C(c2c(F)cc(C#N)cc2F)=C(C#N)c2c(F)c3c(c(F)c21)C(C#N)=C(c1c(F)cc(C#N)cc1F)C3=C(C#N)C#N. The molecule has 0 fully saturated rings. The number of hydrogen-bond donors (Lipinski definition) is 0. The minimum absolute atomic E-state index is 0.516. The molecule has 0 unspecified atom stereocenters. The summed E-state index contributed by atoms with van der Waals surface area (Å²) in [4.78, 5) is 0. The Balaban J connectivity index is 2.07. The second-order valence-corrected chi connectivity index (χ2v) is 9.65. The van der Waals surface area contributed by atoms with E-state index in [9.17, 15) is 31.6 Å². The van der Waals surface area contributed by atoms with Crippen molar-refractivity contribution in [2.24, 2.45) is 0 Å². The van der Waals surface area contributed by atoms with Crippen molar-refractivity contribution >= 4 is 33.4 Å². The number of allylic oxidation sites excluding steroid dienone is 8. The summed E-state index contributed by atoms with van der Waals surface area (Å²) < 4.78 is 95.4. The zero-order valence-corrected chi connectivity index (χ0v) is 23.2. The van der Waals surface area contributed by atoms with Gasteiger partial charge in [0.15, 0.2) is 0 Å². The molecule has 3 aromatic rings. The van der Waals surface area contributed by atoms with Crippen LogP contribution in [0.25, 0.3) is 33.4 Å². The Kier molecular flexibility index (Phi) is 7.60. The van der Waals surface area contributed by atoms with Gasteiger partial charge >= 0.3 is 0 Å². The molecule has 14 heteroatoms. The number of benzene rings is 3. The molecule has 0 atom stereocenters. The number of fused-ring (bicyclic) bond motifs is 2. The monoisotopic (exact) mass is 638 g/mol. The first-order valence-electron chi connectivity index (χ1n) is 12.7. The van der Waals surface area contributed by atoms with Crippen molar-refractivity contribution in [2.45, 2.75) is 0 Å². The fourth-order valence-electron chi connectivity index (χ4n) is 5.63. The van der Waals surface area contributed by atoms with Crippen LogP contribution < -0.4 is 0 Å². The molecular formula is C34H4F6N8. The van der Waals surface area contributed by atoms with Gasteiger partial charge in [0.25, 0.3) is 0 Å². The van der Waals surface area contributed by atoms with Gasteiger partial charge in [0.05, 0.1) is 45.5 Å². The average Bonchev–Trinajstić information content (AvgIpc) is 3.58. The van der Waals surface area contributed by atoms with Crippen LogP contribution in [-0.4, -0.2) is 0 Å². The molecule has 5 rings (SSSR count). The molecule has 0 aromatic heterocycles. The van der Waals surface area contributed by atoms with Gasteiger partial charge in [-0.25, -0.2) is 26.3 Å². The fraction of sp³-hybridized carbons (Fsp3) is 0. The van der Waals surface area contributed by atoms with Gasteiger partial charge in [0.2, 0.25) is 0 Å². The Morgan fingerprint density at radius 3 is 0.917 bits per heavy atom. The van der Waals surface area contributed by atoms with Crippen LogP contribution in [0.15, 0.2) is 35.4 Å². The van der Waals surface area contributed by atoms with Gasteiger partial charge in [0.1, 0.15) is 82.5 Å². The van der Waals surface area contributed by atoms with Crippen molar-refractivity contribution in [1.29, 1.82) is 42.1 Å². The Bertz CT molecular complexity index is 2340. The van der Waals surface area contributed by atoms with Gasteiger partial charge in [-0.3, -0.25) is 0 Å². The van der Waals surface area contributed by atoms with Crippen LogP contribution in [0.1, 0.15) is 44.5 Å². The minimum Gasteiger partial charge on any atom is -0.206 e. The first-order chi connectivity index (χ1) is 23.0. The molecule has 0 heterocycles. The average molecular weight is 638 g/mol. The van der Waals surface area contributed by atoms with Crippen molar-refractivity contribution in [3.63, 3.8) is 0 Å². The maximum Gasteiger partial charge on any atom is 0.141 e. The summed E-state index contributed by atoms with van der Waals surface area (Å²) >= 11 is 0. The quantitative estimate of drug-likeness (QED) is 0.217. The van der Waals surface area contributed by atoms with Crippen LogP contribution in [0.2, 0.25) is 0 Å². The van der Waals surface area contributed by atoms with E-state index >= 15 is 26.3 Å². The maximum atomic E-state index is 17.0. The highest BCUT2D eigenvalue weighted by atomic mass is 19.2. The smallest absolute Gasteiger partial charge is 0.141 e. The highest BCUT2D eigenvalue weighted by Gasteiger charge is 2.45. The largest absolute Gasteiger partial charge is 0.206 e. The van der Waals surface area contributed by atoms with Gasteiger partial charge in [-0.1, -0.05) is 0 Å². The van der Waals surface area contributed by atoms with E-state index in [1.807, 2.05) is 0 Å². The Morgan fingerprint density at radius 2 is 0.688 bits per heavy atom. The molecule has 0 spiro atoms. The maximum absolute atomic E-state index is 17.0. The first-order valence-corrected chi connectivity index (χ1v) is 12.7. The van der Waals surface area contributed by atoms with Crippen molar-refractivity contribution in [3.05, 3.63) is 115 Å². The standard InChI is InChI=1S/C34H4F6N8/c35-19-1-13(5-41)2-20(36)29(19)25-17(11-47)27-31(23(25)15(7-43)8-44)34(40)28-18(12-48)26(24(16(9-45)10-46)32(28)33(27)39)30-21(37)3-14(6-42)4-22(30)38/h1-4H. The third-order valence-electron chi connectivity index (χ3n) is 7.39. The normalized spacial score (nSPS) is 12.4. The summed E-state index contributed by atoms with van der Waals surface area (Å²) in [6.07, 6.45) is 0. The molecule has 0 saturated carbocycles. The molecule has 0 N–H and O–H groups in total. The molecule has 2 aliphatic carbocycles. The van der Waals surface area contributed by atoms with Crippen molar-refractivity contribution in [3.8, 4) is 48.6 Å². The highest BCUT2D eigenvalue weighted by Crippen LogP contribution is 2.57. The molecule has 8 nitrogen and oxygen atoms in total. The Morgan fingerprint density at radius 1 is 0.396 bits per heavy atom. The molecule has 2 aliphatic rings. The minimum atomic E-state index is -1.73. The summed E-state index contributed by atoms with van der Waals surface area (Å²) in [7, 11) is 0. The van der Waals surface area contributed by atoms with E-state index < -0.39 is 124 Å². The van der Waals surface area contributed by atoms with Crippen molar-refractivity contribution in [1.82, 2.24) is 0 Å². The van der Waals surface area contributed by atoms with Gasteiger partial charge in [-0.15, -0.1) is 0 Å². The second kappa shape index (κ2) is 11.6. The van der Waals surface area contributed by atoms with E-state index in [0.29, 0.717) is 24.3 Å². The van der Waals surface area contributed by atoms with Crippen LogP contribution in [0.5, 0.6) is 0 Å². The predicted molar refractivity (Wildman–Crippen MR) is 150 cm³/mol. The lowest BCUT2D eigenvalue weighted by atomic mass is 9.88.